The molecule has 1 N–H and O–H groups in total. The van der Waals surface area contributed by atoms with Gasteiger partial charge in [-0.25, -0.2) is 9.59 Å². The van der Waals surface area contributed by atoms with Gasteiger partial charge in [-0.05, 0) is 58.6 Å². The molecule has 1 aromatic carbocycles. The fraction of sp³-hybridized carbons (Fsp3) is 0.524. The molecule has 0 bridgehead atoms. The number of hydrogen-bond acceptors (Lipinski definition) is 6. The zero-order valence-corrected chi connectivity index (χ0v) is 16.9. The fourth-order valence-electron chi connectivity index (χ4n) is 3.57. The molecule has 0 aromatic heterocycles. The summed E-state index contributed by atoms with van der Waals surface area (Å²) in [4.78, 5) is 54.4. The Morgan fingerprint density at radius 3 is 2.21 bits per heavy atom. The lowest BCUT2D eigenvalue weighted by molar-refractivity contribution is -0.174. The molecule has 8 heteroatoms. The highest BCUT2D eigenvalue weighted by Crippen LogP contribution is 2.28. The molecule has 1 heterocycles. The van der Waals surface area contributed by atoms with E-state index in [0.717, 1.165) is 6.42 Å². The number of imide groups is 1. The zero-order chi connectivity index (χ0) is 21.2. The Labute approximate surface area is 169 Å². The van der Waals surface area contributed by atoms with Crippen LogP contribution < -0.4 is 5.32 Å². The first-order valence-electron chi connectivity index (χ1n) is 9.85. The Hall–Kier alpha value is -2.90. The van der Waals surface area contributed by atoms with Gasteiger partial charge < -0.3 is 14.9 Å². The van der Waals surface area contributed by atoms with Crippen LogP contribution in [0.3, 0.4) is 0 Å². The van der Waals surface area contributed by atoms with E-state index in [0.29, 0.717) is 30.7 Å². The minimum Gasteiger partial charge on any atom is -0.444 e. The number of nitrogens with one attached hydrogen (secondary N) is 1. The van der Waals surface area contributed by atoms with E-state index in [1.54, 1.807) is 32.9 Å². The van der Waals surface area contributed by atoms with Crippen LogP contribution >= 0.6 is 0 Å². The van der Waals surface area contributed by atoms with Crippen LogP contribution in [-0.2, 0) is 14.4 Å². The fourth-order valence-corrected chi connectivity index (χ4v) is 3.57. The van der Waals surface area contributed by atoms with Crippen molar-refractivity contribution >= 4 is 23.9 Å². The van der Waals surface area contributed by atoms with Gasteiger partial charge in [-0.2, -0.15) is 0 Å². The van der Waals surface area contributed by atoms with Crippen molar-refractivity contribution in [3.8, 4) is 0 Å². The number of alkyl carbamates (subject to hydrolysis) is 1. The number of hydroxylamine groups is 2. The van der Waals surface area contributed by atoms with Gasteiger partial charge in [0.25, 0.3) is 11.8 Å². The average Bonchev–Trinajstić information content (AvgIpc) is 2.80. The quantitative estimate of drug-likeness (QED) is 0.615. The maximum Gasteiger partial charge on any atom is 0.407 e. The third kappa shape index (κ3) is 4.93. The normalized spacial score (nSPS) is 22.0. The van der Waals surface area contributed by atoms with E-state index in [9.17, 15) is 19.2 Å². The van der Waals surface area contributed by atoms with Crippen molar-refractivity contribution in [2.45, 2.75) is 64.5 Å². The number of hydrogen-bond donors (Lipinski definition) is 1. The van der Waals surface area contributed by atoms with E-state index in [1.807, 2.05) is 0 Å². The second-order valence-corrected chi connectivity index (χ2v) is 8.41. The molecule has 29 heavy (non-hydrogen) atoms. The molecule has 2 unspecified atom stereocenters. The van der Waals surface area contributed by atoms with E-state index >= 15 is 0 Å². The van der Waals surface area contributed by atoms with Crippen LogP contribution in [0.5, 0.6) is 0 Å². The van der Waals surface area contributed by atoms with Crippen molar-refractivity contribution in [3.63, 3.8) is 0 Å². The smallest absolute Gasteiger partial charge is 0.407 e. The van der Waals surface area contributed by atoms with Crippen LogP contribution in [0, 0.1) is 5.92 Å². The van der Waals surface area contributed by atoms with Crippen molar-refractivity contribution in [1.29, 1.82) is 0 Å². The maximum absolute atomic E-state index is 12.6. The standard InChI is InChI=1S/C21H26N2O6/c1-21(2,3)28-20(27)22-14-8-6-7-13(11-12-14)19(26)29-23-17(24)15-9-4-5-10-16(15)18(23)25/h4-5,9-10,13-14H,6-8,11-12H2,1-3H3,(H,22,27). The van der Waals surface area contributed by atoms with E-state index < -0.39 is 35.4 Å². The van der Waals surface area contributed by atoms with Crippen molar-refractivity contribution in [3.05, 3.63) is 35.4 Å². The SMILES string of the molecule is CC(C)(C)OC(=O)NC1CCCC(C(=O)ON2C(=O)c3ccccc3C2=O)CC1. The van der Waals surface area contributed by atoms with Crippen LogP contribution in [0.2, 0.25) is 0 Å². The number of ether oxygens (including phenoxy) is 1. The van der Waals surface area contributed by atoms with Crippen molar-refractivity contribution in [2.75, 3.05) is 0 Å². The molecular formula is C21H26N2O6. The minimum atomic E-state index is -0.628. The molecule has 1 aliphatic heterocycles. The summed E-state index contributed by atoms with van der Waals surface area (Å²) in [7, 11) is 0. The van der Waals surface area contributed by atoms with E-state index in [2.05, 4.69) is 5.32 Å². The van der Waals surface area contributed by atoms with Crippen LogP contribution in [0.1, 0.15) is 73.6 Å². The highest BCUT2D eigenvalue weighted by molar-refractivity contribution is 6.20. The average molecular weight is 402 g/mol. The third-order valence-corrected chi connectivity index (χ3v) is 4.96. The van der Waals surface area contributed by atoms with Gasteiger partial charge in [0.05, 0.1) is 17.0 Å². The Morgan fingerprint density at radius 2 is 1.62 bits per heavy atom. The first-order valence-corrected chi connectivity index (χ1v) is 9.85. The molecule has 0 spiro atoms. The lowest BCUT2D eigenvalue weighted by Gasteiger charge is -2.23. The summed E-state index contributed by atoms with van der Waals surface area (Å²) >= 11 is 0. The molecule has 0 radical (unpaired) electrons. The summed E-state index contributed by atoms with van der Waals surface area (Å²) in [6.07, 6.45) is 2.59. The molecule has 3 amide bonds. The number of carbonyl (C=O) groups is 4. The van der Waals surface area contributed by atoms with Crippen LogP contribution in [0.15, 0.2) is 24.3 Å². The molecule has 1 fully saturated rings. The molecule has 1 aromatic rings. The highest BCUT2D eigenvalue weighted by Gasteiger charge is 2.40. The first-order chi connectivity index (χ1) is 13.7. The number of benzene rings is 1. The molecular weight excluding hydrogens is 376 g/mol. The molecule has 156 valence electrons. The number of fused-ring (bicyclic) bond motifs is 1. The Morgan fingerprint density at radius 1 is 1.00 bits per heavy atom. The Kier molecular flexibility index (Phi) is 5.91. The minimum absolute atomic E-state index is 0.0954. The third-order valence-electron chi connectivity index (χ3n) is 4.96. The molecule has 0 saturated heterocycles. The second-order valence-electron chi connectivity index (χ2n) is 8.41. The lowest BCUT2D eigenvalue weighted by Crippen LogP contribution is -2.39. The monoisotopic (exact) mass is 402 g/mol. The van der Waals surface area contributed by atoms with Crippen LogP contribution in [0.4, 0.5) is 4.79 Å². The van der Waals surface area contributed by atoms with Gasteiger partial charge in [0.15, 0.2) is 0 Å². The van der Waals surface area contributed by atoms with Crippen molar-refractivity contribution in [2.24, 2.45) is 5.92 Å². The van der Waals surface area contributed by atoms with Gasteiger partial charge in [-0.15, -0.1) is 0 Å². The summed E-state index contributed by atoms with van der Waals surface area (Å²) in [5.41, 5.74) is -0.117. The van der Waals surface area contributed by atoms with Crippen LogP contribution in [-0.4, -0.2) is 40.6 Å². The van der Waals surface area contributed by atoms with Gasteiger partial charge in [-0.1, -0.05) is 23.6 Å². The van der Waals surface area contributed by atoms with E-state index in [4.69, 9.17) is 9.57 Å². The Balaban J connectivity index is 1.55. The summed E-state index contributed by atoms with van der Waals surface area (Å²) in [6, 6.07) is 6.27. The van der Waals surface area contributed by atoms with Gasteiger partial charge in [-0.3, -0.25) is 9.59 Å². The molecule has 1 saturated carbocycles. The van der Waals surface area contributed by atoms with Crippen molar-refractivity contribution < 1.29 is 28.8 Å². The number of carbonyl (C=O) groups excluding carboxylic acids is 4. The zero-order valence-electron chi connectivity index (χ0n) is 16.9. The number of nitrogens with zero attached hydrogens (tertiary/aromatic N) is 1. The highest BCUT2D eigenvalue weighted by atomic mass is 16.7. The molecule has 2 atom stereocenters. The topological polar surface area (TPSA) is 102 Å². The predicted molar refractivity (Wildman–Crippen MR) is 103 cm³/mol. The number of rotatable bonds is 3. The molecule has 1 aliphatic carbocycles. The lowest BCUT2D eigenvalue weighted by atomic mass is 10.0. The van der Waals surface area contributed by atoms with Gasteiger partial charge in [0, 0.05) is 6.04 Å². The van der Waals surface area contributed by atoms with Crippen LogP contribution in [0.25, 0.3) is 0 Å². The first kappa shape index (κ1) is 20.8. The van der Waals surface area contributed by atoms with Gasteiger partial charge in [0.2, 0.25) is 0 Å². The maximum atomic E-state index is 12.6. The second kappa shape index (κ2) is 8.23. The van der Waals surface area contributed by atoms with Crippen molar-refractivity contribution in [1.82, 2.24) is 10.4 Å². The Bertz CT molecular complexity index is 794. The number of amides is 3. The summed E-state index contributed by atoms with van der Waals surface area (Å²) in [5, 5.41) is 3.39. The molecule has 8 nitrogen and oxygen atoms in total. The summed E-state index contributed by atoms with van der Waals surface area (Å²) in [5.74, 6) is -2.30. The van der Waals surface area contributed by atoms with E-state index in [-0.39, 0.29) is 17.2 Å². The van der Waals surface area contributed by atoms with Gasteiger partial charge >= 0.3 is 12.1 Å². The molecule has 3 rings (SSSR count). The predicted octanol–water partition coefficient (Wildman–Crippen LogP) is 3.21. The summed E-state index contributed by atoms with van der Waals surface area (Å²) in [6.45, 7) is 5.39. The van der Waals surface area contributed by atoms with Gasteiger partial charge in [0.1, 0.15) is 5.60 Å². The molecule has 2 aliphatic rings. The largest absolute Gasteiger partial charge is 0.444 e. The van der Waals surface area contributed by atoms with E-state index in [1.165, 1.54) is 12.1 Å². The summed E-state index contributed by atoms with van der Waals surface area (Å²) < 4.78 is 5.28.